The Hall–Kier alpha value is -1.81. The Kier molecular flexibility index (Phi) is 5.24. The van der Waals surface area contributed by atoms with E-state index in [-0.39, 0.29) is 4.90 Å². The molecule has 0 heterocycles. The molecule has 22 heavy (non-hydrogen) atoms. The summed E-state index contributed by atoms with van der Waals surface area (Å²) in [7, 11) is -3.52. The molecule has 3 nitrogen and oxygen atoms in total. The third kappa shape index (κ3) is 3.89. The molecule has 0 atom stereocenters. The Balaban J connectivity index is 2.18. The number of rotatable bonds is 6. The number of nitrogens with one attached hydrogen (secondary N) is 1. The van der Waals surface area contributed by atoms with Gasteiger partial charge in [-0.15, -0.1) is 0 Å². The smallest absolute Gasteiger partial charge is 0.261 e. The maximum Gasteiger partial charge on any atom is 0.261 e. The number of benzene rings is 2. The molecule has 0 aromatic heterocycles. The van der Waals surface area contributed by atoms with Gasteiger partial charge in [0.25, 0.3) is 10.0 Å². The third-order valence-corrected chi connectivity index (χ3v) is 5.35. The first-order chi connectivity index (χ1) is 10.5. The molecule has 0 fully saturated rings. The Bertz CT molecular complexity index is 700. The maximum atomic E-state index is 12.3. The molecular weight excluding hydrogens is 294 g/mol. The average Bonchev–Trinajstić information content (AvgIpc) is 2.50. The Labute approximate surface area is 133 Å². The van der Waals surface area contributed by atoms with Crippen LogP contribution in [0.2, 0.25) is 0 Å². The highest BCUT2D eigenvalue weighted by atomic mass is 32.2. The summed E-state index contributed by atoms with van der Waals surface area (Å²) in [6, 6.07) is 14.5. The standard InChI is InChI=1S/C18H23NO2S/c1-4-15(5-2)16-8-10-17(11-9-16)19-22(20,21)18-12-6-14(3)7-13-18/h6-13,15,19H,4-5H2,1-3H3. The van der Waals surface area contributed by atoms with E-state index in [0.717, 1.165) is 18.4 Å². The van der Waals surface area contributed by atoms with Gasteiger partial charge in [-0.1, -0.05) is 43.7 Å². The van der Waals surface area contributed by atoms with Crippen LogP contribution in [0.3, 0.4) is 0 Å². The van der Waals surface area contributed by atoms with Crippen LogP contribution in [0.4, 0.5) is 5.69 Å². The molecule has 1 N–H and O–H groups in total. The van der Waals surface area contributed by atoms with Gasteiger partial charge in [0.05, 0.1) is 4.90 Å². The second kappa shape index (κ2) is 6.97. The van der Waals surface area contributed by atoms with E-state index < -0.39 is 10.0 Å². The molecule has 4 heteroatoms. The molecule has 0 amide bonds. The summed E-state index contributed by atoms with van der Waals surface area (Å²) in [5.41, 5.74) is 2.88. The van der Waals surface area contributed by atoms with Crippen LogP contribution in [0.25, 0.3) is 0 Å². The Morgan fingerprint density at radius 2 is 1.45 bits per heavy atom. The van der Waals surface area contributed by atoms with Gasteiger partial charge in [0.2, 0.25) is 0 Å². The molecule has 0 saturated carbocycles. The number of anilines is 1. The van der Waals surface area contributed by atoms with E-state index in [2.05, 4.69) is 18.6 Å². The molecule has 2 rings (SSSR count). The normalized spacial score (nSPS) is 11.6. The monoisotopic (exact) mass is 317 g/mol. The van der Waals surface area contributed by atoms with Crippen LogP contribution in [-0.4, -0.2) is 8.42 Å². The summed E-state index contributed by atoms with van der Waals surface area (Å²) >= 11 is 0. The molecular formula is C18H23NO2S. The van der Waals surface area contributed by atoms with Crippen LogP contribution in [0.15, 0.2) is 53.4 Å². The van der Waals surface area contributed by atoms with Gasteiger partial charge in [0, 0.05) is 5.69 Å². The average molecular weight is 317 g/mol. The van der Waals surface area contributed by atoms with E-state index in [9.17, 15) is 8.42 Å². The summed E-state index contributed by atoms with van der Waals surface area (Å²) in [4.78, 5) is 0.280. The largest absolute Gasteiger partial charge is 0.280 e. The van der Waals surface area contributed by atoms with Crippen molar-refractivity contribution < 1.29 is 8.42 Å². The number of aryl methyl sites for hydroxylation is 1. The van der Waals surface area contributed by atoms with Crippen LogP contribution in [-0.2, 0) is 10.0 Å². The van der Waals surface area contributed by atoms with Gasteiger partial charge in [0.15, 0.2) is 0 Å². The predicted molar refractivity (Wildman–Crippen MR) is 91.8 cm³/mol. The number of hydrogen-bond donors (Lipinski definition) is 1. The van der Waals surface area contributed by atoms with Crippen molar-refractivity contribution in [1.82, 2.24) is 0 Å². The molecule has 2 aromatic carbocycles. The zero-order valence-corrected chi connectivity index (χ0v) is 14.2. The van der Waals surface area contributed by atoms with Gasteiger partial charge < -0.3 is 0 Å². The fraction of sp³-hybridized carbons (Fsp3) is 0.333. The van der Waals surface area contributed by atoms with E-state index in [0.29, 0.717) is 11.6 Å². The zero-order valence-electron chi connectivity index (χ0n) is 13.3. The Morgan fingerprint density at radius 1 is 0.909 bits per heavy atom. The van der Waals surface area contributed by atoms with Crippen molar-refractivity contribution in [3.63, 3.8) is 0 Å². The van der Waals surface area contributed by atoms with E-state index >= 15 is 0 Å². The van der Waals surface area contributed by atoms with Gasteiger partial charge in [-0.2, -0.15) is 0 Å². The molecule has 0 spiro atoms. The molecule has 0 bridgehead atoms. The van der Waals surface area contributed by atoms with Crippen LogP contribution >= 0.6 is 0 Å². The maximum absolute atomic E-state index is 12.3. The lowest BCUT2D eigenvalue weighted by atomic mass is 9.94. The first kappa shape index (κ1) is 16.6. The van der Waals surface area contributed by atoms with Gasteiger partial charge in [-0.05, 0) is 55.5 Å². The van der Waals surface area contributed by atoms with Crippen molar-refractivity contribution in [2.45, 2.75) is 44.4 Å². The zero-order chi connectivity index (χ0) is 16.2. The first-order valence-corrected chi connectivity index (χ1v) is 9.14. The van der Waals surface area contributed by atoms with E-state index in [4.69, 9.17) is 0 Å². The summed E-state index contributed by atoms with van der Waals surface area (Å²) in [6.07, 6.45) is 2.18. The summed E-state index contributed by atoms with van der Waals surface area (Å²) in [5.74, 6) is 0.530. The first-order valence-electron chi connectivity index (χ1n) is 7.65. The minimum atomic E-state index is -3.52. The molecule has 0 aliphatic rings. The second-order valence-electron chi connectivity index (χ2n) is 5.55. The third-order valence-electron chi connectivity index (χ3n) is 3.95. The molecule has 2 aromatic rings. The summed E-state index contributed by atoms with van der Waals surface area (Å²) in [6.45, 7) is 6.27. The van der Waals surface area contributed by atoms with Crippen molar-refractivity contribution in [3.8, 4) is 0 Å². The fourth-order valence-corrected chi connectivity index (χ4v) is 3.57. The summed E-state index contributed by atoms with van der Waals surface area (Å²) in [5, 5.41) is 0. The van der Waals surface area contributed by atoms with E-state index in [1.54, 1.807) is 24.3 Å². The quantitative estimate of drug-likeness (QED) is 0.839. The lowest BCUT2D eigenvalue weighted by Crippen LogP contribution is -2.12. The molecule has 0 saturated heterocycles. The van der Waals surface area contributed by atoms with Crippen LogP contribution in [0.1, 0.15) is 43.7 Å². The molecule has 118 valence electrons. The van der Waals surface area contributed by atoms with E-state index in [1.807, 2.05) is 31.2 Å². The van der Waals surface area contributed by atoms with Gasteiger partial charge in [0.1, 0.15) is 0 Å². The predicted octanol–water partition coefficient (Wildman–Crippen LogP) is 4.70. The SMILES string of the molecule is CCC(CC)c1ccc(NS(=O)(=O)c2ccc(C)cc2)cc1. The molecule has 0 aliphatic heterocycles. The molecule has 0 radical (unpaired) electrons. The van der Waals surface area contributed by atoms with E-state index in [1.165, 1.54) is 5.56 Å². The highest BCUT2D eigenvalue weighted by Crippen LogP contribution is 2.25. The van der Waals surface area contributed by atoms with Gasteiger partial charge >= 0.3 is 0 Å². The highest BCUT2D eigenvalue weighted by Gasteiger charge is 2.14. The Morgan fingerprint density at radius 3 is 1.95 bits per heavy atom. The highest BCUT2D eigenvalue weighted by molar-refractivity contribution is 7.92. The van der Waals surface area contributed by atoms with Crippen LogP contribution < -0.4 is 4.72 Å². The number of hydrogen-bond acceptors (Lipinski definition) is 2. The second-order valence-corrected chi connectivity index (χ2v) is 7.24. The van der Waals surface area contributed by atoms with Crippen molar-refractivity contribution in [2.75, 3.05) is 4.72 Å². The van der Waals surface area contributed by atoms with Crippen LogP contribution in [0, 0.1) is 6.92 Å². The minimum absolute atomic E-state index is 0.280. The van der Waals surface area contributed by atoms with Crippen LogP contribution in [0.5, 0.6) is 0 Å². The minimum Gasteiger partial charge on any atom is -0.280 e. The fourth-order valence-electron chi connectivity index (χ4n) is 2.51. The lowest BCUT2D eigenvalue weighted by molar-refractivity contribution is 0.601. The molecule has 0 aliphatic carbocycles. The van der Waals surface area contributed by atoms with Gasteiger partial charge in [-0.25, -0.2) is 8.42 Å². The van der Waals surface area contributed by atoms with Crippen molar-refractivity contribution in [3.05, 3.63) is 59.7 Å². The van der Waals surface area contributed by atoms with Crippen molar-refractivity contribution in [1.29, 1.82) is 0 Å². The van der Waals surface area contributed by atoms with Crippen molar-refractivity contribution in [2.24, 2.45) is 0 Å². The molecule has 0 unspecified atom stereocenters. The summed E-state index contributed by atoms with van der Waals surface area (Å²) < 4.78 is 27.3. The number of sulfonamides is 1. The van der Waals surface area contributed by atoms with Crippen molar-refractivity contribution >= 4 is 15.7 Å². The topological polar surface area (TPSA) is 46.2 Å². The lowest BCUT2D eigenvalue weighted by Gasteiger charge is -2.14. The van der Waals surface area contributed by atoms with Gasteiger partial charge in [-0.3, -0.25) is 4.72 Å².